The third-order valence-corrected chi connectivity index (χ3v) is 8.77. The van der Waals surface area contributed by atoms with Crippen molar-refractivity contribution in [2.24, 2.45) is 0 Å². The Bertz CT molecular complexity index is 1100. The van der Waals surface area contributed by atoms with Crippen molar-refractivity contribution in [2.45, 2.75) is 37.9 Å². The standard InChI is InChI=1S/C21H24N2O3S2/c1-14(2)28(25,26)23-7-5-15(6-8-23)20-11-22-21-4-3-16(10-19(20)21)17-9-18(12-24)27-13-17/h3-4,9-15,22H,5-8H2,1-2H3. The quantitative estimate of drug-likeness (QED) is 0.617. The second-order valence-corrected chi connectivity index (χ2v) is 11.1. The van der Waals surface area contributed by atoms with Crippen LogP contribution < -0.4 is 0 Å². The average molecular weight is 417 g/mol. The van der Waals surface area contributed by atoms with Crippen LogP contribution in [-0.2, 0) is 10.0 Å². The van der Waals surface area contributed by atoms with Crippen LogP contribution in [0.25, 0.3) is 22.0 Å². The van der Waals surface area contributed by atoms with Gasteiger partial charge in [0.25, 0.3) is 0 Å². The van der Waals surface area contributed by atoms with E-state index >= 15 is 0 Å². The number of aromatic nitrogens is 1. The van der Waals surface area contributed by atoms with Crippen LogP contribution in [0.15, 0.2) is 35.8 Å². The molecule has 1 aliphatic heterocycles. The fraction of sp³-hybridized carbons (Fsp3) is 0.381. The van der Waals surface area contributed by atoms with E-state index in [0.717, 1.165) is 40.6 Å². The van der Waals surface area contributed by atoms with Gasteiger partial charge in [-0.1, -0.05) is 6.07 Å². The van der Waals surface area contributed by atoms with E-state index in [1.165, 1.54) is 22.3 Å². The molecule has 0 spiro atoms. The summed E-state index contributed by atoms with van der Waals surface area (Å²) in [6.45, 7) is 4.63. The minimum atomic E-state index is -3.18. The van der Waals surface area contributed by atoms with Crippen LogP contribution in [0.5, 0.6) is 0 Å². The van der Waals surface area contributed by atoms with Gasteiger partial charge in [0, 0.05) is 30.2 Å². The molecule has 2 aromatic heterocycles. The molecule has 148 valence electrons. The monoisotopic (exact) mass is 416 g/mol. The highest BCUT2D eigenvalue weighted by molar-refractivity contribution is 7.89. The van der Waals surface area contributed by atoms with Crippen LogP contribution >= 0.6 is 11.3 Å². The van der Waals surface area contributed by atoms with Crippen LogP contribution in [0.1, 0.15) is 47.8 Å². The minimum Gasteiger partial charge on any atom is -0.361 e. The van der Waals surface area contributed by atoms with E-state index in [0.29, 0.717) is 19.0 Å². The number of H-pyrrole nitrogens is 1. The summed E-state index contributed by atoms with van der Waals surface area (Å²) < 4.78 is 26.5. The van der Waals surface area contributed by atoms with E-state index < -0.39 is 10.0 Å². The number of piperidine rings is 1. The molecular formula is C21H24N2O3S2. The largest absolute Gasteiger partial charge is 0.361 e. The first-order valence-corrected chi connectivity index (χ1v) is 11.9. The highest BCUT2D eigenvalue weighted by atomic mass is 32.2. The van der Waals surface area contributed by atoms with Gasteiger partial charge in [-0.3, -0.25) is 4.79 Å². The SMILES string of the molecule is CC(C)S(=O)(=O)N1CCC(c2c[nH]c3ccc(-c4csc(C=O)c4)cc23)CC1. The van der Waals surface area contributed by atoms with E-state index in [1.54, 1.807) is 18.2 Å². The van der Waals surface area contributed by atoms with Crippen molar-refractivity contribution in [2.75, 3.05) is 13.1 Å². The van der Waals surface area contributed by atoms with Gasteiger partial charge in [0.15, 0.2) is 6.29 Å². The molecule has 1 aliphatic rings. The number of carbonyl (C=O) groups excluding carboxylic acids is 1. The highest BCUT2D eigenvalue weighted by Gasteiger charge is 2.31. The summed E-state index contributed by atoms with van der Waals surface area (Å²) in [5.41, 5.74) is 4.49. The predicted octanol–water partition coefficient (Wildman–Crippen LogP) is 4.63. The topological polar surface area (TPSA) is 70.2 Å². The number of thiophene rings is 1. The molecule has 0 radical (unpaired) electrons. The molecule has 4 rings (SSSR count). The van der Waals surface area contributed by atoms with Crippen LogP contribution in [0.3, 0.4) is 0 Å². The first-order chi connectivity index (χ1) is 13.4. The van der Waals surface area contributed by atoms with Gasteiger partial charge in [-0.15, -0.1) is 11.3 Å². The Morgan fingerprint density at radius 2 is 1.93 bits per heavy atom. The van der Waals surface area contributed by atoms with E-state index in [-0.39, 0.29) is 5.25 Å². The zero-order valence-corrected chi connectivity index (χ0v) is 17.6. The Balaban J connectivity index is 1.60. The summed E-state index contributed by atoms with van der Waals surface area (Å²) in [5.74, 6) is 0.343. The Kier molecular flexibility index (Phi) is 5.16. The summed E-state index contributed by atoms with van der Waals surface area (Å²) >= 11 is 1.45. The molecule has 3 heterocycles. The van der Waals surface area contributed by atoms with E-state index in [4.69, 9.17) is 0 Å². The Hall–Kier alpha value is -1.96. The van der Waals surface area contributed by atoms with Gasteiger partial charge in [0.2, 0.25) is 10.0 Å². The third kappa shape index (κ3) is 3.43. The van der Waals surface area contributed by atoms with E-state index in [9.17, 15) is 13.2 Å². The zero-order valence-electron chi connectivity index (χ0n) is 16.0. The molecule has 1 N–H and O–H groups in total. The number of nitrogens with one attached hydrogen (secondary N) is 1. The maximum absolute atomic E-state index is 12.4. The number of carbonyl (C=O) groups is 1. The maximum atomic E-state index is 12.4. The minimum absolute atomic E-state index is 0.343. The molecule has 0 atom stereocenters. The number of nitrogens with zero attached hydrogens (tertiary/aromatic N) is 1. The van der Waals surface area contributed by atoms with Crippen molar-refractivity contribution in [1.29, 1.82) is 0 Å². The van der Waals surface area contributed by atoms with Gasteiger partial charge in [0.1, 0.15) is 0 Å². The molecule has 7 heteroatoms. The van der Waals surface area contributed by atoms with Crippen molar-refractivity contribution >= 4 is 38.5 Å². The lowest BCUT2D eigenvalue weighted by Gasteiger charge is -2.32. The second kappa shape index (κ2) is 7.46. The summed E-state index contributed by atoms with van der Waals surface area (Å²) in [6, 6.07) is 8.23. The van der Waals surface area contributed by atoms with Gasteiger partial charge >= 0.3 is 0 Å². The number of hydrogen-bond donors (Lipinski definition) is 1. The van der Waals surface area contributed by atoms with Gasteiger partial charge in [-0.2, -0.15) is 0 Å². The van der Waals surface area contributed by atoms with E-state index in [2.05, 4.69) is 29.4 Å². The first kappa shape index (κ1) is 19.4. The van der Waals surface area contributed by atoms with Crippen molar-refractivity contribution in [3.8, 4) is 11.1 Å². The number of aromatic amines is 1. The number of benzene rings is 1. The van der Waals surface area contributed by atoms with Crippen LogP contribution in [0, 0.1) is 0 Å². The van der Waals surface area contributed by atoms with Gasteiger partial charge in [-0.05, 0) is 72.9 Å². The molecule has 3 aromatic rings. The maximum Gasteiger partial charge on any atom is 0.216 e. The smallest absolute Gasteiger partial charge is 0.216 e. The molecule has 0 saturated carbocycles. The first-order valence-electron chi connectivity index (χ1n) is 9.54. The zero-order chi connectivity index (χ0) is 19.9. The summed E-state index contributed by atoms with van der Waals surface area (Å²) in [7, 11) is -3.18. The number of rotatable bonds is 5. The van der Waals surface area contributed by atoms with Crippen molar-refractivity contribution in [3.63, 3.8) is 0 Å². The number of aldehydes is 1. The van der Waals surface area contributed by atoms with Crippen LogP contribution in [-0.4, -0.2) is 42.3 Å². The van der Waals surface area contributed by atoms with Crippen LogP contribution in [0.4, 0.5) is 0 Å². The Labute approximate surface area is 169 Å². The fourth-order valence-corrected chi connectivity index (χ4v) is 5.98. The average Bonchev–Trinajstić information content (AvgIpc) is 3.34. The van der Waals surface area contributed by atoms with Crippen molar-refractivity contribution in [1.82, 2.24) is 9.29 Å². The Morgan fingerprint density at radius 1 is 1.18 bits per heavy atom. The number of fused-ring (bicyclic) bond motifs is 1. The molecule has 28 heavy (non-hydrogen) atoms. The van der Waals surface area contributed by atoms with Crippen LogP contribution in [0.2, 0.25) is 0 Å². The summed E-state index contributed by atoms with van der Waals surface area (Å²) in [5, 5.41) is 2.81. The molecule has 0 amide bonds. The van der Waals surface area contributed by atoms with Gasteiger partial charge < -0.3 is 4.98 Å². The third-order valence-electron chi connectivity index (χ3n) is 5.63. The van der Waals surface area contributed by atoms with Crippen molar-refractivity contribution in [3.05, 3.63) is 46.3 Å². The van der Waals surface area contributed by atoms with Gasteiger partial charge in [-0.25, -0.2) is 12.7 Å². The molecule has 1 fully saturated rings. The lowest BCUT2D eigenvalue weighted by molar-refractivity contribution is 0.112. The highest BCUT2D eigenvalue weighted by Crippen LogP contribution is 2.36. The summed E-state index contributed by atoms with van der Waals surface area (Å²) in [6.07, 6.45) is 4.61. The summed E-state index contributed by atoms with van der Waals surface area (Å²) in [4.78, 5) is 15.1. The normalized spacial score (nSPS) is 16.8. The lowest BCUT2D eigenvalue weighted by Crippen LogP contribution is -2.41. The molecule has 0 unspecified atom stereocenters. The predicted molar refractivity (Wildman–Crippen MR) is 115 cm³/mol. The van der Waals surface area contributed by atoms with Crippen molar-refractivity contribution < 1.29 is 13.2 Å². The molecule has 0 bridgehead atoms. The van der Waals surface area contributed by atoms with E-state index in [1.807, 2.05) is 11.4 Å². The number of sulfonamides is 1. The second-order valence-electron chi connectivity index (χ2n) is 7.63. The lowest BCUT2D eigenvalue weighted by atomic mass is 9.89. The molecule has 5 nitrogen and oxygen atoms in total. The molecular weight excluding hydrogens is 392 g/mol. The fourth-order valence-electron chi connectivity index (χ4n) is 3.94. The van der Waals surface area contributed by atoms with Gasteiger partial charge in [0.05, 0.1) is 10.1 Å². The molecule has 1 saturated heterocycles. The number of hydrogen-bond acceptors (Lipinski definition) is 4. The molecule has 0 aliphatic carbocycles. The Morgan fingerprint density at radius 3 is 2.57 bits per heavy atom. The molecule has 1 aromatic carbocycles.